The quantitative estimate of drug-likeness (QED) is 0.535. The van der Waals surface area contributed by atoms with Crippen molar-refractivity contribution in [1.29, 1.82) is 0 Å². The van der Waals surface area contributed by atoms with Gasteiger partial charge in [-0.25, -0.2) is 0 Å². The van der Waals surface area contributed by atoms with Gasteiger partial charge in [-0.2, -0.15) is 0 Å². The van der Waals surface area contributed by atoms with Gasteiger partial charge in [-0.1, -0.05) is 60.2 Å². The lowest BCUT2D eigenvalue weighted by atomic mass is 10.0. The fourth-order valence-corrected chi connectivity index (χ4v) is 3.71. The molecule has 1 aliphatic rings. The second-order valence-corrected chi connectivity index (χ2v) is 7.83. The van der Waals surface area contributed by atoms with E-state index in [-0.39, 0.29) is 18.4 Å². The van der Waals surface area contributed by atoms with Crippen molar-refractivity contribution in [3.63, 3.8) is 0 Å². The predicted molar refractivity (Wildman–Crippen MR) is 126 cm³/mol. The molecule has 0 radical (unpaired) electrons. The number of imide groups is 1. The number of aryl methyl sites for hydroxylation is 2. The van der Waals surface area contributed by atoms with E-state index in [4.69, 9.17) is 4.74 Å². The van der Waals surface area contributed by atoms with Crippen molar-refractivity contribution in [2.75, 3.05) is 11.9 Å². The Bertz CT molecular complexity index is 1180. The first-order valence-corrected chi connectivity index (χ1v) is 10.7. The summed E-state index contributed by atoms with van der Waals surface area (Å²) >= 11 is 0. The van der Waals surface area contributed by atoms with E-state index in [1.807, 2.05) is 93.6 Å². The van der Waals surface area contributed by atoms with Crippen LogP contribution in [0.1, 0.15) is 29.2 Å². The maximum Gasteiger partial charge on any atom is 0.278 e. The van der Waals surface area contributed by atoms with Crippen LogP contribution in [0.2, 0.25) is 0 Å². The van der Waals surface area contributed by atoms with Gasteiger partial charge in [0.2, 0.25) is 0 Å². The Hall–Kier alpha value is -3.86. The lowest BCUT2D eigenvalue weighted by molar-refractivity contribution is -0.137. The van der Waals surface area contributed by atoms with Crippen LogP contribution in [0.15, 0.2) is 78.5 Å². The first kappa shape index (κ1) is 21.4. The van der Waals surface area contributed by atoms with Crippen LogP contribution in [-0.4, -0.2) is 23.3 Å². The van der Waals surface area contributed by atoms with Crippen LogP contribution in [-0.2, 0) is 16.1 Å². The first-order valence-electron chi connectivity index (χ1n) is 10.7. The van der Waals surface area contributed by atoms with Crippen molar-refractivity contribution in [2.45, 2.75) is 27.3 Å². The zero-order valence-corrected chi connectivity index (χ0v) is 18.5. The van der Waals surface area contributed by atoms with Crippen molar-refractivity contribution in [3.05, 3.63) is 101 Å². The van der Waals surface area contributed by atoms with Gasteiger partial charge in [-0.05, 0) is 55.7 Å². The zero-order chi connectivity index (χ0) is 22.7. The minimum atomic E-state index is -0.331. The predicted octanol–water partition coefficient (Wildman–Crippen LogP) is 5.09. The van der Waals surface area contributed by atoms with E-state index >= 15 is 0 Å². The summed E-state index contributed by atoms with van der Waals surface area (Å²) in [5, 5.41) is 3.24. The fourth-order valence-electron chi connectivity index (χ4n) is 3.71. The molecule has 162 valence electrons. The average Bonchev–Trinajstić information content (AvgIpc) is 3.02. The lowest BCUT2D eigenvalue weighted by Gasteiger charge is -2.16. The second kappa shape index (κ2) is 9.10. The molecule has 0 saturated carbocycles. The van der Waals surface area contributed by atoms with Crippen LogP contribution < -0.4 is 10.1 Å². The first-order chi connectivity index (χ1) is 15.5. The van der Waals surface area contributed by atoms with Crippen molar-refractivity contribution in [1.82, 2.24) is 4.90 Å². The van der Waals surface area contributed by atoms with E-state index in [0.29, 0.717) is 23.4 Å². The summed E-state index contributed by atoms with van der Waals surface area (Å²) in [5.41, 5.74) is 5.15. The van der Waals surface area contributed by atoms with Crippen molar-refractivity contribution in [2.24, 2.45) is 0 Å². The summed E-state index contributed by atoms with van der Waals surface area (Å²) in [6, 6.07) is 22.8. The summed E-state index contributed by atoms with van der Waals surface area (Å²) in [6.07, 6.45) is 0. The molecule has 0 aliphatic carbocycles. The highest BCUT2D eigenvalue weighted by Gasteiger charge is 2.39. The Labute approximate surface area is 188 Å². The second-order valence-electron chi connectivity index (χ2n) is 7.83. The third kappa shape index (κ3) is 4.28. The van der Waals surface area contributed by atoms with E-state index in [0.717, 1.165) is 28.1 Å². The number of hydrogen-bond acceptors (Lipinski definition) is 4. The Morgan fingerprint density at radius 3 is 2.19 bits per heavy atom. The number of para-hydroxylation sites is 1. The Morgan fingerprint density at radius 2 is 1.53 bits per heavy atom. The van der Waals surface area contributed by atoms with Gasteiger partial charge in [-0.15, -0.1) is 0 Å². The number of hydrogen-bond donors (Lipinski definition) is 1. The third-order valence-electron chi connectivity index (χ3n) is 5.49. The van der Waals surface area contributed by atoms with E-state index in [2.05, 4.69) is 5.32 Å². The molecule has 32 heavy (non-hydrogen) atoms. The molecule has 3 aromatic rings. The molecule has 0 bridgehead atoms. The molecule has 1 N–H and O–H groups in total. The molecule has 0 aromatic heterocycles. The smallest absolute Gasteiger partial charge is 0.278 e. The number of carbonyl (C=O) groups excluding carboxylic acids is 2. The molecule has 0 fully saturated rings. The summed E-state index contributed by atoms with van der Waals surface area (Å²) in [6.45, 7) is 6.67. The van der Waals surface area contributed by atoms with E-state index in [1.165, 1.54) is 4.90 Å². The number of anilines is 1. The number of ether oxygens (including phenoxy) is 1. The molecule has 5 heteroatoms. The van der Waals surface area contributed by atoms with E-state index in [9.17, 15) is 9.59 Å². The molecular formula is C27H26N2O3. The number of nitrogens with one attached hydrogen (secondary N) is 1. The number of nitrogens with zero attached hydrogens (tertiary/aromatic N) is 1. The SMILES string of the molecule is CCOc1ccc(C2=C(Nc3ccccc3C)C(=O)N(Cc3ccc(C)cc3)C2=O)cc1. The van der Waals surface area contributed by atoms with Crippen LogP contribution in [0.4, 0.5) is 5.69 Å². The topological polar surface area (TPSA) is 58.6 Å². The molecule has 0 unspecified atom stereocenters. The molecule has 0 spiro atoms. The number of carbonyl (C=O) groups is 2. The van der Waals surface area contributed by atoms with Crippen LogP contribution in [0.25, 0.3) is 5.57 Å². The van der Waals surface area contributed by atoms with E-state index in [1.54, 1.807) is 0 Å². The van der Waals surface area contributed by atoms with Crippen molar-refractivity contribution in [3.8, 4) is 5.75 Å². The van der Waals surface area contributed by atoms with E-state index < -0.39 is 0 Å². The highest BCUT2D eigenvalue weighted by molar-refractivity contribution is 6.36. The van der Waals surface area contributed by atoms with Gasteiger partial charge >= 0.3 is 0 Å². The molecular weight excluding hydrogens is 400 g/mol. The Balaban J connectivity index is 1.73. The summed E-state index contributed by atoms with van der Waals surface area (Å²) in [4.78, 5) is 28.2. The molecule has 1 aliphatic heterocycles. The number of amides is 2. The lowest BCUT2D eigenvalue weighted by Crippen LogP contribution is -2.32. The minimum absolute atomic E-state index is 0.220. The normalized spacial score (nSPS) is 13.7. The zero-order valence-electron chi connectivity index (χ0n) is 18.5. The fraction of sp³-hybridized carbons (Fsp3) is 0.185. The molecule has 2 amide bonds. The highest BCUT2D eigenvalue weighted by Crippen LogP contribution is 2.33. The average molecular weight is 427 g/mol. The summed E-state index contributed by atoms with van der Waals surface area (Å²) in [7, 11) is 0. The van der Waals surface area contributed by atoms with Crippen molar-refractivity contribution >= 4 is 23.1 Å². The molecule has 1 heterocycles. The van der Waals surface area contributed by atoms with Gasteiger partial charge in [0.15, 0.2) is 0 Å². The molecule has 5 nitrogen and oxygen atoms in total. The standard InChI is InChI=1S/C27H26N2O3/c1-4-32-22-15-13-21(14-16-22)24-25(28-23-8-6-5-7-19(23)3)27(31)29(26(24)30)17-20-11-9-18(2)10-12-20/h5-16,28H,4,17H2,1-3H3. The maximum atomic E-state index is 13.5. The minimum Gasteiger partial charge on any atom is -0.494 e. The number of rotatable bonds is 7. The van der Waals surface area contributed by atoms with Gasteiger partial charge in [0, 0.05) is 5.69 Å². The Kier molecular flexibility index (Phi) is 6.08. The van der Waals surface area contributed by atoms with Gasteiger partial charge in [0.1, 0.15) is 11.4 Å². The monoisotopic (exact) mass is 426 g/mol. The molecule has 3 aromatic carbocycles. The van der Waals surface area contributed by atoms with Crippen molar-refractivity contribution < 1.29 is 14.3 Å². The highest BCUT2D eigenvalue weighted by atomic mass is 16.5. The molecule has 0 atom stereocenters. The third-order valence-corrected chi connectivity index (χ3v) is 5.49. The Morgan fingerprint density at radius 1 is 0.844 bits per heavy atom. The van der Waals surface area contributed by atoms with Crippen LogP contribution in [0.5, 0.6) is 5.75 Å². The number of benzene rings is 3. The van der Waals surface area contributed by atoms with Crippen LogP contribution >= 0.6 is 0 Å². The van der Waals surface area contributed by atoms with Crippen LogP contribution in [0.3, 0.4) is 0 Å². The van der Waals surface area contributed by atoms with Crippen LogP contribution in [0, 0.1) is 13.8 Å². The maximum absolute atomic E-state index is 13.5. The van der Waals surface area contributed by atoms with Gasteiger partial charge < -0.3 is 10.1 Å². The molecule has 0 saturated heterocycles. The van der Waals surface area contributed by atoms with Gasteiger partial charge in [0.05, 0.1) is 18.7 Å². The van der Waals surface area contributed by atoms with Gasteiger partial charge in [0.25, 0.3) is 11.8 Å². The largest absolute Gasteiger partial charge is 0.494 e. The summed E-state index contributed by atoms with van der Waals surface area (Å²) in [5.74, 6) is 0.0806. The molecule has 4 rings (SSSR count). The van der Waals surface area contributed by atoms with Gasteiger partial charge in [-0.3, -0.25) is 14.5 Å². The summed E-state index contributed by atoms with van der Waals surface area (Å²) < 4.78 is 5.53.